The molecule has 1 amide bonds. The molecular weight excluding hydrogens is 372 g/mol. The van der Waals surface area contributed by atoms with Crippen LogP contribution in [0.3, 0.4) is 0 Å². The Morgan fingerprint density at radius 2 is 1.93 bits per heavy atom. The number of ether oxygens (including phenoxy) is 3. The van der Waals surface area contributed by atoms with Crippen molar-refractivity contribution in [3.63, 3.8) is 0 Å². The summed E-state index contributed by atoms with van der Waals surface area (Å²) in [6.45, 7) is 0.165. The van der Waals surface area contributed by atoms with Crippen LogP contribution in [0.15, 0.2) is 65.1 Å². The predicted molar refractivity (Wildman–Crippen MR) is 107 cm³/mol. The summed E-state index contributed by atoms with van der Waals surface area (Å²) in [7, 11) is 1.61. The molecule has 0 spiro atoms. The molecule has 1 N–H and O–H groups in total. The Morgan fingerprint density at radius 1 is 1.03 bits per heavy atom. The topological polar surface area (TPSA) is 82.8 Å². The van der Waals surface area contributed by atoms with Gasteiger partial charge in [-0.15, -0.1) is 0 Å². The molecule has 5 rings (SSSR count). The first-order valence-electron chi connectivity index (χ1n) is 8.95. The van der Waals surface area contributed by atoms with Crippen LogP contribution in [0.2, 0.25) is 0 Å². The van der Waals surface area contributed by atoms with Crippen LogP contribution in [0.1, 0.15) is 10.4 Å². The molecule has 7 heteroatoms. The Hall–Kier alpha value is -4.00. The van der Waals surface area contributed by atoms with Crippen LogP contribution in [0.5, 0.6) is 17.2 Å². The predicted octanol–water partition coefficient (Wildman–Crippen LogP) is 4.48. The lowest BCUT2D eigenvalue weighted by Crippen LogP contribution is -2.11. The van der Waals surface area contributed by atoms with Crippen LogP contribution in [0, 0.1) is 0 Å². The number of carbonyl (C=O) groups is 1. The van der Waals surface area contributed by atoms with E-state index in [1.165, 1.54) is 0 Å². The Morgan fingerprint density at radius 3 is 2.83 bits per heavy atom. The number of fused-ring (bicyclic) bond motifs is 2. The molecule has 0 bridgehead atoms. The molecule has 0 atom stereocenters. The van der Waals surface area contributed by atoms with E-state index in [1.54, 1.807) is 43.5 Å². The number of hydrogen-bond acceptors (Lipinski definition) is 6. The van der Waals surface area contributed by atoms with E-state index in [4.69, 9.17) is 18.6 Å². The molecule has 7 nitrogen and oxygen atoms in total. The highest BCUT2D eigenvalue weighted by Gasteiger charge is 2.17. The van der Waals surface area contributed by atoms with Gasteiger partial charge in [0.15, 0.2) is 17.1 Å². The molecule has 0 saturated carbocycles. The van der Waals surface area contributed by atoms with Gasteiger partial charge in [-0.2, -0.15) is 0 Å². The number of aromatic nitrogens is 1. The van der Waals surface area contributed by atoms with Gasteiger partial charge in [-0.25, -0.2) is 4.98 Å². The number of nitrogens with zero attached hydrogens (tertiary/aromatic N) is 1. The minimum Gasteiger partial charge on any atom is -0.497 e. The Kier molecular flexibility index (Phi) is 4.05. The van der Waals surface area contributed by atoms with Crippen molar-refractivity contribution in [2.24, 2.45) is 0 Å². The molecule has 1 aromatic heterocycles. The van der Waals surface area contributed by atoms with E-state index < -0.39 is 0 Å². The third-order valence-corrected chi connectivity index (χ3v) is 4.60. The molecule has 0 fully saturated rings. The van der Waals surface area contributed by atoms with E-state index in [1.807, 2.05) is 24.3 Å². The summed E-state index contributed by atoms with van der Waals surface area (Å²) in [6, 6.07) is 17.9. The summed E-state index contributed by atoms with van der Waals surface area (Å²) in [5.74, 6) is 2.15. The Balaban J connectivity index is 1.40. The van der Waals surface area contributed by atoms with Gasteiger partial charge in [-0.3, -0.25) is 4.79 Å². The maximum Gasteiger partial charge on any atom is 0.255 e. The zero-order valence-electron chi connectivity index (χ0n) is 15.5. The number of anilines is 1. The largest absolute Gasteiger partial charge is 0.497 e. The van der Waals surface area contributed by atoms with Gasteiger partial charge in [0, 0.05) is 22.9 Å². The van der Waals surface area contributed by atoms with Gasteiger partial charge in [0.2, 0.25) is 12.7 Å². The number of amides is 1. The van der Waals surface area contributed by atoms with Crippen molar-refractivity contribution in [3.05, 3.63) is 66.2 Å². The van der Waals surface area contributed by atoms with E-state index in [9.17, 15) is 4.79 Å². The number of nitrogens with one attached hydrogen (secondary N) is 1. The standard InChI is InChI=1S/C22H16N2O5/c1-26-16-4-2-3-14(9-16)22-24-17-7-6-15(11-19(17)29-22)23-21(25)13-5-8-18-20(10-13)28-12-27-18/h2-11H,12H2,1H3,(H,23,25). The lowest BCUT2D eigenvalue weighted by atomic mass is 10.2. The molecule has 0 unspecified atom stereocenters. The summed E-state index contributed by atoms with van der Waals surface area (Å²) in [6.07, 6.45) is 0. The van der Waals surface area contributed by atoms with Gasteiger partial charge in [0.05, 0.1) is 7.11 Å². The monoisotopic (exact) mass is 388 g/mol. The first kappa shape index (κ1) is 17.1. The van der Waals surface area contributed by atoms with E-state index in [-0.39, 0.29) is 12.7 Å². The van der Waals surface area contributed by atoms with Gasteiger partial charge < -0.3 is 23.9 Å². The maximum absolute atomic E-state index is 12.6. The van der Waals surface area contributed by atoms with E-state index in [0.29, 0.717) is 39.7 Å². The van der Waals surface area contributed by atoms with Crippen molar-refractivity contribution < 1.29 is 23.4 Å². The first-order chi connectivity index (χ1) is 14.2. The quantitative estimate of drug-likeness (QED) is 0.555. The van der Waals surface area contributed by atoms with Crippen LogP contribution in [0.4, 0.5) is 5.69 Å². The Labute approximate surface area is 165 Å². The maximum atomic E-state index is 12.6. The third-order valence-electron chi connectivity index (χ3n) is 4.60. The average molecular weight is 388 g/mol. The van der Waals surface area contributed by atoms with Crippen LogP contribution in [-0.4, -0.2) is 24.8 Å². The number of carbonyl (C=O) groups excluding carboxylic acids is 1. The summed E-state index contributed by atoms with van der Waals surface area (Å²) >= 11 is 0. The average Bonchev–Trinajstić information content (AvgIpc) is 3.39. The van der Waals surface area contributed by atoms with Crippen molar-refractivity contribution in [2.45, 2.75) is 0 Å². The molecule has 144 valence electrons. The Bertz CT molecular complexity index is 1230. The second-order valence-corrected chi connectivity index (χ2v) is 6.46. The van der Waals surface area contributed by atoms with E-state index in [2.05, 4.69) is 10.3 Å². The fourth-order valence-corrected chi connectivity index (χ4v) is 3.12. The molecule has 0 radical (unpaired) electrons. The van der Waals surface area contributed by atoms with Crippen molar-refractivity contribution in [1.82, 2.24) is 4.98 Å². The van der Waals surface area contributed by atoms with Crippen molar-refractivity contribution in [2.75, 3.05) is 19.2 Å². The van der Waals surface area contributed by atoms with Crippen LogP contribution < -0.4 is 19.5 Å². The van der Waals surface area contributed by atoms with Crippen molar-refractivity contribution >= 4 is 22.7 Å². The SMILES string of the molecule is COc1cccc(-c2nc3ccc(NC(=O)c4ccc5c(c4)OCO5)cc3o2)c1. The summed E-state index contributed by atoms with van der Waals surface area (Å²) in [5, 5.41) is 2.87. The normalized spacial score (nSPS) is 12.2. The highest BCUT2D eigenvalue weighted by atomic mass is 16.7. The molecule has 4 aromatic rings. The number of benzene rings is 3. The summed E-state index contributed by atoms with van der Waals surface area (Å²) in [4.78, 5) is 17.1. The van der Waals surface area contributed by atoms with Crippen LogP contribution in [-0.2, 0) is 0 Å². The number of rotatable bonds is 4. The zero-order valence-corrected chi connectivity index (χ0v) is 15.5. The molecule has 0 aliphatic carbocycles. The van der Waals surface area contributed by atoms with Crippen molar-refractivity contribution in [3.8, 4) is 28.7 Å². The minimum atomic E-state index is -0.254. The smallest absolute Gasteiger partial charge is 0.255 e. The molecule has 29 heavy (non-hydrogen) atoms. The highest BCUT2D eigenvalue weighted by Crippen LogP contribution is 2.33. The third kappa shape index (κ3) is 3.23. The van der Waals surface area contributed by atoms with Crippen LogP contribution in [0.25, 0.3) is 22.6 Å². The van der Waals surface area contributed by atoms with Crippen molar-refractivity contribution in [1.29, 1.82) is 0 Å². The number of methoxy groups -OCH3 is 1. The molecule has 1 aliphatic heterocycles. The molecule has 3 aromatic carbocycles. The molecule has 1 aliphatic rings. The second-order valence-electron chi connectivity index (χ2n) is 6.46. The van der Waals surface area contributed by atoms with Gasteiger partial charge >= 0.3 is 0 Å². The number of oxazole rings is 1. The number of hydrogen-bond donors (Lipinski definition) is 1. The molecule has 0 saturated heterocycles. The van der Waals surface area contributed by atoms with Gasteiger partial charge in [-0.05, 0) is 48.5 Å². The highest BCUT2D eigenvalue weighted by molar-refractivity contribution is 6.05. The molecule has 2 heterocycles. The lowest BCUT2D eigenvalue weighted by molar-refractivity contribution is 0.102. The fraction of sp³-hybridized carbons (Fsp3) is 0.0909. The van der Waals surface area contributed by atoms with Crippen LogP contribution >= 0.6 is 0 Å². The second kappa shape index (κ2) is 6.87. The first-order valence-corrected chi connectivity index (χ1v) is 8.95. The van der Waals surface area contributed by atoms with Gasteiger partial charge in [-0.1, -0.05) is 6.07 Å². The fourth-order valence-electron chi connectivity index (χ4n) is 3.12. The summed E-state index contributed by atoms with van der Waals surface area (Å²) < 4.78 is 21.7. The lowest BCUT2D eigenvalue weighted by Gasteiger charge is -2.05. The van der Waals surface area contributed by atoms with E-state index >= 15 is 0 Å². The van der Waals surface area contributed by atoms with Gasteiger partial charge in [0.25, 0.3) is 5.91 Å². The van der Waals surface area contributed by atoms with E-state index in [0.717, 1.165) is 11.3 Å². The zero-order chi connectivity index (χ0) is 19.8. The molecular formula is C22H16N2O5. The van der Waals surface area contributed by atoms with Gasteiger partial charge in [0.1, 0.15) is 11.3 Å². The minimum absolute atomic E-state index is 0.165. The summed E-state index contributed by atoms with van der Waals surface area (Å²) in [5.41, 5.74) is 3.17.